The minimum absolute atomic E-state index is 0.169. The molecular formula is C30H35N3O4. The van der Waals surface area contributed by atoms with Gasteiger partial charge >= 0.3 is 5.97 Å². The van der Waals surface area contributed by atoms with Crippen LogP contribution in [0.15, 0.2) is 54.6 Å². The fourth-order valence-corrected chi connectivity index (χ4v) is 5.58. The van der Waals surface area contributed by atoms with Crippen molar-refractivity contribution < 1.29 is 19.1 Å². The van der Waals surface area contributed by atoms with Crippen LogP contribution in [-0.2, 0) is 16.1 Å². The molecule has 7 nitrogen and oxygen atoms in total. The van der Waals surface area contributed by atoms with Crippen molar-refractivity contribution in [3.8, 4) is 5.75 Å². The van der Waals surface area contributed by atoms with Crippen LogP contribution in [0, 0.1) is 12.8 Å². The first-order chi connectivity index (χ1) is 18.0. The van der Waals surface area contributed by atoms with Crippen LogP contribution in [0.2, 0.25) is 0 Å². The lowest BCUT2D eigenvalue weighted by Gasteiger charge is -2.47. The number of carbonyl (C=O) groups excluding carboxylic acids is 2. The lowest BCUT2D eigenvalue weighted by atomic mass is 9.79. The van der Waals surface area contributed by atoms with Crippen molar-refractivity contribution in [2.45, 2.75) is 58.2 Å². The van der Waals surface area contributed by atoms with Gasteiger partial charge in [0, 0.05) is 28.2 Å². The highest BCUT2D eigenvalue weighted by molar-refractivity contribution is 5.95. The van der Waals surface area contributed by atoms with E-state index in [1.165, 1.54) is 0 Å². The molecule has 2 heterocycles. The number of ether oxygens (including phenoxy) is 2. The topological polar surface area (TPSA) is 80.8 Å². The van der Waals surface area contributed by atoms with E-state index in [4.69, 9.17) is 9.47 Å². The number of esters is 1. The van der Waals surface area contributed by atoms with Crippen LogP contribution in [0.5, 0.6) is 5.75 Å². The summed E-state index contributed by atoms with van der Waals surface area (Å²) in [5, 5.41) is 4.27. The molecule has 0 spiro atoms. The van der Waals surface area contributed by atoms with Gasteiger partial charge in [-0.15, -0.1) is 0 Å². The molecule has 5 rings (SSSR count). The minimum Gasteiger partial charge on any atom is -0.489 e. The average molecular weight is 502 g/mol. The number of hydrogen-bond acceptors (Lipinski definition) is 6. The number of aromatic nitrogens is 1. The number of carbonyl (C=O) groups is 2. The van der Waals surface area contributed by atoms with Crippen LogP contribution in [0.1, 0.15) is 54.2 Å². The van der Waals surface area contributed by atoms with Gasteiger partial charge in [0.05, 0.1) is 24.1 Å². The molecule has 0 radical (unpaired) electrons. The Morgan fingerprint density at radius 1 is 1.05 bits per heavy atom. The lowest BCUT2D eigenvalue weighted by molar-refractivity contribution is -0.151. The summed E-state index contributed by atoms with van der Waals surface area (Å²) < 4.78 is 11.4. The summed E-state index contributed by atoms with van der Waals surface area (Å²) in [6, 6.07) is 17.2. The summed E-state index contributed by atoms with van der Waals surface area (Å²) in [4.78, 5) is 33.0. The average Bonchev–Trinajstić information content (AvgIpc) is 2.87. The number of para-hydroxylation sites is 1. The van der Waals surface area contributed by atoms with Crippen LogP contribution < -0.4 is 10.1 Å². The highest BCUT2D eigenvalue weighted by Gasteiger charge is 2.43. The Morgan fingerprint density at radius 3 is 2.57 bits per heavy atom. The second-order valence-electron chi connectivity index (χ2n) is 10.00. The molecule has 3 aromatic rings. The molecule has 194 valence electrons. The van der Waals surface area contributed by atoms with Gasteiger partial charge in [0.25, 0.3) is 5.91 Å². The monoisotopic (exact) mass is 501 g/mol. The first-order valence-electron chi connectivity index (χ1n) is 13.3. The number of benzene rings is 2. The van der Waals surface area contributed by atoms with Crippen LogP contribution >= 0.6 is 0 Å². The molecule has 1 amide bonds. The third-order valence-corrected chi connectivity index (χ3v) is 7.55. The molecule has 2 aromatic carbocycles. The highest BCUT2D eigenvalue weighted by atomic mass is 16.5. The largest absolute Gasteiger partial charge is 0.489 e. The Hall–Kier alpha value is -3.45. The number of aryl methyl sites for hydroxylation is 1. The first-order valence-corrected chi connectivity index (χ1v) is 13.3. The molecule has 1 aliphatic carbocycles. The Bertz CT molecular complexity index is 1260. The van der Waals surface area contributed by atoms with Gasteiger partial charge in [-0.05, 0) is 82.6 Å². The third-order valence-electron chi connectivity index (χ3n) is 7.55. The van der Waals surface area contributed by atoms with Gasteiger partial charge in [0.1, 0.15) is 12.4 Å². The van der Waals surface area contributed by atoms with E-state index in [0.29, 0.717) is 24.5 Å². The summed E-state index contributed by atoms with van der Waals surface area (Å²) >= 11 is 0. The summed E-state index contributed by atoms with van der Waals surface area (Å²) in [6.07, 6.45) is 3.85. The van der Waals surface area contributed by atoms with Crippen molar-refractivity contribution in [2.75, 3.05) is 19.7 Å². The third kappa shape index (κ3) is 5.62. The maximum atomic E-state index is 13.3. The van der Waals surface area contributed by atoms with Crippen LogP contribution in [0.3, 0.4) is 0 Å². The summed E-state index contributed by atoms with van der Waals surface area (Å²) in [7, 11) is 0. The van der Waals surface area contributed by atoms with E-state index in [2.05, 4.69) is 21.3 Å². The smallest absolute Gasteiger partial charge is 0.311 e. The van der Waals surface area contributed by atoms with Crippen molar-refractivity contribution in [1.29, 1.82) is 0 Å². The molecule has 2 aliphatic rings. The Kier molecular flexibility index (Phi) is 7.70. The number of nitrogens with zero attached hydrogens (tertiary/aromatic N) is 2. The zero-order valence-electron chi connectivity index (χ0n) is 21.6. The first kappa shape index (κ1) is 25.2. The zero-order chi connectivity index (χ0) is 25.8. The van der Waals surface area contributed by atoms with Gasteiger partial charge in [0.15, 0.2) is 0 Å². The number of hydrogen-bond donors (Lipinski definition) is 1. The fourth-order valence-electron chi connectivity index (χ4n) is 5.58. The number of likely N-dealkylation sites (tertiary alicyclic amines) is 1. The molecular weight excluding hydrogens is 466 g/mol. The molecule has 1 aliphatic heterocycles. The normalized spacial score (nSPS) is 21.7. The van der Waals surface area contributed by atoms with E-state index < -0.39 is 0 Å². The van der Waals surface area contributed by atoms with E-state index in [-0.39, 0.29) is 29.9 Å². The van der Waals surface area contributed by atoms with Gasteiger partial charge in [0.2, 0.25) is 0 Å². The van der Waals surface area contributed by atoms with Gasteiger partial charge in [-0.2, -0.15) is 0 Å². The van der Waals surface area contributed by atoms with Crippen LogP contribution in [0.4, 0.5) is 0 Å². The number of pyridine rings is 1. The number of nitrogens with one attached hydrogen (secondary N) is 1. The number of fused-ring (bicyclic) bond motifs is 1. The Balaban J connectivity index is 1.26. The molecule has 1 N–H and O–H groups in total. The molecule has 2 fully saturated rings. The van der Waals surface area contributed by atoms with Crippen LogP contribution in [-0.4, -0.2) is 53.5 Å². The molecule has 3 atom stereocenters. The molecule has 0 bridgehead atoms. The lowest BCUT2D eigenvalue weighted by Crippen LogP contribution is -2.61. The van der Waals surface area contributed by atoms with Gasteiger partial charge < -0.3 is 14.8 Å². The number of amides is 1. The van der Waals surface area contributed by atoms with E-state index in [0.717, 1.165) is 60.9 Å². The fraction of sp³-hybridized carbons (Fsp3) is 0.433. The van der Waals surface area contributed by atoms with E-state index >= 15 is 0 Å². The molecule has 1 aromatic heterocycles. The molecule has 1 unspecified atom stereocenters. The van der Waals surface area contributed by atoms with Gasteiger partial charge in [-0.3, -0.25) is 19.5 Å². The predicted octanol–water partition coefficient (Wildman–Crippen LogP) is 4.66. The maximum absolute atomic E-state index is 13.3. The SMILES string of the molecule is CCOC(=O)[C@H]1CCC[C@@H](N2CCC2)C1NC(=O)c1ccc(OCc2cc(C)nc3ccccc23)cc1. The summed E-state index contributed by atoms with van der Waals surface area (Å²) in [6.45, 7) is 6.60. The second kappa shape index (κ2) is 11.3. The number of rotatable bonds is 8. The van der Waals surface area contributed by atoms with E-state index in [1.807, 2.05) is 50.2 Å². The Labute approximate surface area is 218 Å². The van der Waals surface area contributed by atoms with Gasteiger partial charge in [-0.1, -0.05) is 24.6 Å². The minimum atomic E-state index is -0.315. The van der Waals surface area contributed by atoms with E-state index in [1.54, 1.807) is 12.1 Å². The standard InChI is InChI=1S/C30H35N3O4/c1-3-36-30(35)25-9-6-11-27(33-16-7-17-33)28(25)32-29(34)21-12-14-23(15-13-21)37-19-22-18-20(2)31-26-10-5-4-8-24(22)26/h4-5,8,10,12-15,18,25,27-28H,3,6-7,9,11,16-17,19H2,1-2H3,(H,32,34)/t25-,27+,28?/m0/s1. The summed E-state index contributed by atoms with van der Waals surface area (Å²) in [5.74, 6) is -0.00483. The van der Waals surface area contributed by atoms with E-state index in [9.17, 15) is 9.59 Å². The second-order valence-corrected chi connectivity index (χ2v) is 10.00. The molecule has 1 saturated carbocycles. The van der Waals surface area contributed by atoms with Crippen LogP contribution in [0.25, 0.3) is 10.9 Å². The van der Waals surface area contributed by atoms with Crippen molar-refractivity contribution in [2.24, 2.45) is 5.92 Å². The van der Waals surface area contributed by atoms with Crippen molar-refractivity contribution in [1.82, 2.24) is 15.2 Å². The van der Waals surface area contributed by atoms with Gasteiger partial charge in [-0.25, -0.2) is 0 Å². The summed E-state index contributed by atoms with van der Waals surface area (Å²) in [5.41, 5.74) is 3.52. The quantitative estimate of drug-likeness (QED) is 0.452. The maximum Gasteiger partial charge on any atom is 0.311 e. The highest BCUT2D eigenvalue weighted by Crippen LogP contribution is 2.32. The molecule has 1 saturated heterocycles. The molecule has 37 heavy (non-hydrogen) atoms. The Morgan fingerprint density at radius 2 is 1.84 bits per heavy atom. The molecule has 7 heteroatoms. The predicted molar refractivity (Wildman–Crippen MR) is 142 cm³/mol. The van der Waals surface area contributed by atoms with Crippen molar-refractivity contribution >= 4 is 22.8 Å². The van der Waals surface area contributed by atoms with Crippen molar-refractivity contribution in [3.05, 3.63) is 71.4 Å². The van der Waals surface area contributed by atoms with Crippen molar-refractivity contribution in [3.63, 3.8) is 0 Å². The zero-order valence-corrected chi connectivity index (χ0v) is 21.6.